The molecular formula is C68H71Br3F5NO3P3-. The Morgan fingerprint density at radius 2 is 0.807 bits per heavy atom. The largest absolute Gasteiger partial charge is 1.00 e. The Kier molecular flexibility index (Phi) is 33.6. The first-order valence-electron chi connectivity index (χ1n) is 25.7. The first kappa shape index (κ1) is 70.9. The number of carbonyl (C=O) groups is 2. The molecule has 0 aliphatic carbocycles. The number of rotatable bonds is 12. The van der Waals surface area contributed by atoms with E-state index in [0.717, 1.165) is 55.3 Å². The van der Waals surface area contributed by atoms with E-state index < -0.39 is 4.01 Å². The average Bonchev–Trinajstić information content (AvgIpc) is 1.15. The van der Waals surface area contributed by atoms with Crippen molar-refractivity contribution in [1.29, 1.82) is 0 Å². The van der Waals surface area contributed by atoms with E-state index in [-0.39, 0.29) is 38.9 Å². The Bertz CT molecular complexity index is 3180. The van der Waals surface area contributed by atoms with E-state index in [9.17, 15) is 27.2 Å². The minimum absolute atomic E-state index is 0. The monoisotopic (exact) mass is 1370 g/mol. The van der Waals surface area contributed by atoms with E-state index in [2.05, 4.69) is 171 Å². The molecule has 0 saturated carbocycles. The Hall–Kier alpha value is -6.32. The van der Waals surface area contributed by atoms with Crippen LogP contribution in [0.15, 0.2) is 273 Å². The molecule has 1 N–H and O–H groups in total. The van der Waals surface area contributed by atoms with Crippen LogP contribution in [0.1, 0.15) is 48.6 Å². The van der Waals surface area contributed by atoms with E-state index in [4.69, 9.17) is 5.11 Å². The second-order valence-electron chi connectivity index (χ2n) is 17.6. The normalized spacial score (nSPS) is 10.5. The van der Waals surface area contributed by atoms with Crippen LogP contribution in [0.2, 0.25) is 0 Å². The maximum atomic E-state index is 12.7. The van der Waals surface area contributed by atoms with Gasteiger partial charge < -0.3 is 14.7 Å². The minimum Gasteiger partial charge on any atom is -1.00 e. The van der Waals surface area contributed by atoms with Gasteiger partial charge >= 0.3 is 142 Å². The zero-order chi connectivity index (χ0) is 59.5. The third-order valence-electron chi connectivity index (χ3n) is 11.7. The number of halogens is 8. The summed E-state index contributed by atoms with van der Waals surface area (Å²) >= 11 is 11.6. The molecule has 2 atom stereocenters. The van der Waals surface area contributed by atoms with Crippen LogP contribution in [0.4, 0.5) is 23.2 Å². The predicted molar refractivity (Wildman–Crippen MR) is 364 cm³/mol. The second-order valence-corrected chi connectivity index (χ2v) is 34.8. The summed E-state index contributed by atoms with van der Waals surface area (Å²) in [7, 11) is 5.41. The fraction of sp³-hybridized carbons (Fsp3) is 0.0882. The summed E-state index contributed by atoms with van der Waals surface area (Å²) in [6.45, 7) is 3.04. The molecule has 0 heterocycles. The molecule has 10 aromatic carbocycles. The Morgan fingerprint density at radius 3 is 1.12 bits per heavy atom. The fourth-order valence-corrected chi connectivity index (χ4v) is 15.9. The van der Waals surface area contributed by atoms with E-state index in [1.54, 1.807) is 24.3 Å². The zero-order valence-corrected chi connectivity index (χ0v) is 53.5. The molecule has 0 aliphatic heterocycles. The van der Waals surface area contributed by atoms with Gasteiger partial charge in [0, 0.05) is 40.0 Å². The van der Waals surface area contributed by atoms with E-state index in [0.29, 0.717) is 11.8 Å². The molecule has 15 heteroatoms. The van der Waals surface area contributed by atoms with Crippen LogP contribution < -0.4 is 36.1 Å². The Labute approximate surface area is 518 Å². The van der Waals surface area contributed by atoms with Gasteiger partial charge in [-0.2, -0.15) is 0 Å². The molecule has 4 nitrogen and oxygen atoms in total. The molecule has 83 heavy (non-hydrogen) atoms. The average molecular weight is 1370 g/mol. The zero-order valence-electron chi connectivity index (χ0n) is 45.7. The minimum atomic E-state index is -2.75. The van der Waals surface area contributed by atoms with Crippen molar-refractivity contribution in [3.05, 3.63) is 324 Å². The van der Waals surface area contributed by atoms with Gasteiger partial charge in [0.2, 0.25) is 0 Å². The van der Waals surface area contributed by atoms with Crippen molar-refractivity contribution in [2.45, 2.75) is 25.0 Å². The number of aliphatic hydroxyl groups excluding tert-OH is 1. The van der Waals surface area contributed by atoms with Crippen LogP contribution in [-0.4, -0.2) is 31.3 Å². The van der Waals surface area contributed by atoms with Gasteiger partial charge in [0.1, 0.15) is 35.8 Å². The van der Waals surface area contributed by atoms with Crippen LogP contribution in [0.25, 0.3) is 0 Å². The van der Waals surface area contributed by atoms with E-state index in [1.165, 1.54) is 92.7 Å². The fourth-order valence-electron chi connectivity index (χ4n) is 7.03. The number of aldehydes is 2. The summed E-state index contributed by atoms with van der Waals surface area (Å²) in [6.07, 6.45) is 2.53. The molecule has 0 fully saturated rings. The molecule has 0 radical (unpaired) electrons. The van der Waals surface area contributed by atoms with Gasteiger partial charge in [-0.15, -0.1) is 9.24 Å². The molecule has 0 amide bonds. The second kappa shape index (κ2) is 39.3. The van der Waals surface area contributed by atoms with Gasteiger partial charge in [0.15, 0.2) is 0 Å². The van der Waals surface area contributed by atoms with E-state index >= 15 is 0 Å². The van der Waals surface area contributed by atoms with Crippen molar-refractivity contribution in [3.63, 3.8) is 0 Å². The summed E-state index contributed by atoms with van der Waals surface area (Å²) in [5.41, 5.74) is 5.38. The van der Waals surface area contributed by atoms with Gasteiger partial charge in [0.25, 0.3) is 0 Å². The molecule has 0 aromatic heterocycles. The number of carbonyl (C=O) groups excluding carboxylic acids is 2. The van der Waals surface area contributed by atoms with Gasteiger partial charge in [-0.3, -0.25) is 9.59 Å². The molecule has 438 valence electrons. The first-order chi connectivity index (χ1) is 39.6. The molecule has 0 aliphatic rings. The molecule has 2 unspecified atom stereocenters. The van der Waals surface area contributed by atoms with Gasteiger partial charge in [-0.25, -0.2) is 17.6 Å². The van der Waals surface area contributed by atoms with Crippen LogP contribution in [0.3, 0.4) is 0 Å². The number of hydrogen-bond donors (Lipinski definition) is 1. The number of anilines is 1. The molecule has 0 bridgehead atoms. The maximum Gasteiger partial charge on any atom is 0.150 e. The first-order valence-corrected chi connectivity index (χ1v) is 34.9. The summed E-state index contributed by atoms with van der Waals surface area (Å²) in [5, 5.41) is 15.7. The number of nitrogens with zero attached hydrogens (tertiary/aromatic N) is 1. The predicted octanol–water partition coefficient (Wildman–Crippen LogP) is 15.0. The summed E-state index contributed by atoms with van der Waals surface area (Å²) in [5.74, 6) is -0.936. The van der Waals surface area contributed by atoms with Crippen LogP contribution in [0.5, 0.6) is 0 Å². The standard InChI is InChI=1S/C18H15Br2P.C13H12FP.C10H13NO.C7H6BrF.C7H7FO.C7H5FO.C6H7P.FH.3H2/c19-21(20,16-10-4-1-5-11-16,17-12-6-2-7-13-17)18-14-8-3-9-15-18;14-12-8-6-11(7-9-12)10-15-13-4-2-1-3-5-13;1-3-11(2)10-6-4-9(8-12)5-7-10;8-5-6-1-3-7(9)4-2-6;2*8-7-3-1-6(5-9)2-4-7;7-6-4-2-1-3-5-6;;;;/h1-15H;1-9,15H,10H2;4-8H,3H2,1-2H3;1-4H,5H2;1-4,9H,5H2;1-5H;1-5H,7H2;4*1H/p-1/i;14-1;;9-1;2*8-1;;1-1;2*1+1;. The number of aliphatic hydroxyl groups is 1. The summed E-state index contributed by atoms with van der Waals surface area (Å²) < 4.78 is 46.4. The summed E-state index contributed by atoms with van der Waals surface area (Å²) in [4.78, 5) is 22.5. The van der Waals surface area contributed by atoms with Gasteiger partial charge in [-0.05, 0) is 125 Å². The van der Waals surface area contributed by atoms with Crippen molar-refractivity contribution in [1.82, 2.24) is 0 Å². The molecular weight excluding hydrogens is 1300 g/mol. The molecule has 10 aromatic rings. The molecule has 0 saturated heterocycles. The summed E-state index contributed by atoms with van der Waals surface area (Å²) in [6, 6.07) is 84.1. The third kappa shape index (κ3) is 25.6. The topological polar surface area (TPSA) is 57.6 Å². The van der Waals surface area contributed by atoms with Crippen LogP contribution in [-0.2, 0) is 18.1 Å². The van der Waals surface area contributed by atoms with Crippen molar-refractivity contribution >= 4 is 114 Å². The third-order valence-corrected chi connectivity index (χ3v) is 25.1. The Morgan fingerprint density at radius 1 is 0.494 bits per heavy atom. The maximum absolute atomic E-state index is 12.7. The Balaban J connectivity index is 0.00000100. The SMILES string of the molecule is BrP(Br)(c1ccccc1)(c1ccccc1)c1ccccc1.CCN(C)c1ccc(C=O)cc1.O=Cc1ccc([18F])cc1.OCc1ccc([18F])cc1.Pc1ccccc1.[18F-].[18F]c1ccc(CBr)cc1.[18F]c1ccc(CPc2ccccc2)cc1.[2HH].[2HH].[HH]. The van der Waals surface area contributed by atoms with Crippen molar-refractivity contribution in [2.24, 2.45) is 0 Å². The van der Waals surface area contributed by atoms with E-state index in [1.807, 2.05) is 92.0 Å². The van der Waals surface area contributed by atoms with Crippen molar-refractivity contribution in [2.75, 3.05) is 18.5 Å². The van der Waals surface area contributed by atoms with Gasteiger partial charge in [-0.1, -0.05) is 122 Å². The number of hydrogen-bond acceptors (Lipinski definition) is 4. The molecule has 0 spiro atoms. The quantitative estimate of drug-likeness (QED) is 0.0573. The van der Waals surface area contributed by atoms with Gasteiger partial charge in [0.05, 0.1) is 6.61 Å². The van der Waals surface area contributed by atoms with Crippen molar-refractivity contribution < 1.29 is 41.2 Å². The smallest absolute Gasteiger partial charge is 0.150 e. The van der Waals surface area contributed by atoms with Crippen molar-refractivity contribution in [3.8, 4) is 0 Å². The van der Waals surface area contributed by atoms with Crippen LogP contribution >= 0.6 is 68.7 Å². The molecule has 10 rings (SSSR count). The van der Waals surface area contributed by atoms with Crippen LogP contribution in [0, 0.1) is 23.3 Å². The number of benzene rings is 10. The number of alkyl halides is 1.